The number of benzene rings is 6. The van der Waals surface area contributed by atoms with Crippen LogP contribution in [0.15, 0.2) is 146 Å². The molecule has 6 aromatic carbocycles. The molecule has 0 fully saturated rings. The molecule has 0 aliphatic rings. The summed E-state index contributed by atoms with van der Waals surface area (Å²) in [6.45, 7) is 0. The Morgan fingerprint density at radius 2 is 0.957 bits per heavy atom. The van der Waals surface area contributed by atoms with Gasteiger partial charge in [0.2, 0.25) is 0 Å². The van der Waals surface area contributed by atoms with Gasteiger partial charge in [-0.2, -0.15) is 0 Å². The maximum absolute atomic E-state index is 5.02. The summed E-state index contributed by atoms with van der Waals surface area (Å²) in [6, 6.07) is 50.4. The number of nitrogens with zero attached hydrogens (tertiary/aromatic N) is 4. The van der Waals surface area contributed by atoms with Crippen LogP contribution in [0.2, 0.25) is 0 Å². The van der Waals surface area contributed by atoms with Crippen molar-refractivity contribution in [1.82, 2.24) is 19.9 Å². The number of rotatable bonds is 5. The van der Waals surface area contributed by atoms with E-state index >= 15 is 0 Å². The van der Waals surface area contributed by atoms with Gasteiger partial charge in [0.25, 0.3) is 0 Å². The standard InChI is InChI=1S/C40H24N4S2/c1-4-11-25(12-5-1)37-42-38(26-13-6-2-7-14-26)44-39(43-37)32-18-10-17-31-30-21-19-28(23-34(30)45-36(31)32)29-20-22-33-35(24-29)46-40(41-33)27-15-8-3-9-16-27/h1-24H. The van der Waals surface area contributed by atoms with Crippen LogP contribution in [0.4, 0.5) is 0 Å². The fourth-order valence-corrected chi connectivity index (χ4v) is 8.15. The van der Waals surface area contributed by atoms with Crippen molar-refractivity contribution in [2.75, 3.05) is 0 Å². The van der Waals surface area contributed by atoms with Crippen molar-refractivity contribution in [3.8, 4) is 55.9 Å². The molecule has 0 N–H and O–H groups in total. The van der Waals surface area contributed by atoms with Crippen molar-refractivity contribution in [2.45, 2.75) is 0 Å². The smallest absolute Gasteiger partial charge is 0.165 e. The van der Waals surface area contributed by atoms with E-state index in [0.717, 1.165) is 32.8 Å². The lowest BCUT2D eigenvalue weighted by atomic mass is 10.0. The summed E-state index contributed by atoms with van der Waals surface area (Å²) in [5.74, 6) is 2.01. The molecule has 216 valence electrons. The number of hydrogen-bond acceptors (Lipinski definition) is 6. The van der Waals surface area contributed by atoms with Crippen LogP contribution in [0.5, 0.6) is 0 Å². The van der Waals surface area contributed by atoms with Crippen LogP contribution in [-0.2, 0) is 0 Å². The molecule has 3 heterocycles. The van der Waals surface area contributed by atoms with Gasteiger partial charge in [-0.3, -0.25) is 0 Å². The molecule has 0 amide bonds. The van der Waals surface area contributed by atoms with Crippen molar-refractivity contribution >= 4 is 53.1 Å². The lowest BCUT2D eigenvalue weighted by Crippen LogP contribution is -2.00. The zero-order chi connectivity index (χ0) is 30.5. The third-order valence-corrected chi connectivity index (χ3v) is 10.5. The van der Waals surface area contributed by atoms with Gasteiger partial charge in [0.1, 0.15) is 5.01 Å². The lowest BCUT2D eigenvalue weighted by Gasteiger charge is -2.09. The van der Waals surface area contributed by atoms with Gasteiger partial charge < -0.3 is 0 Å². The van der Waals surface area contributed by atoms with Crippen molar-refractivity contribution in [1.29, 1.82) is 0 Å². The highest BCUT2D eigenvalue weighted by molar-refractivity contribution is 7.26. The first-order chi connectivity index (χ1) is 22.8. The van der Waals surface area contributed by atoms with Gasteiger partial charge in [-0.05, 0) is 35.4 Å². The van der Waals surface area contributed by atoms with Crippen LogP contribution < -0.4 is 0 Å². The van der Waals surface area contributed by atoms with Gasteiger partial charge in [0, 0.05) is 42.4 Å². The second-order valence-corrected chi connectivity index (χ2v) is 13.2. The number of aromatic nitrogens is 4. The van der Waals surface area contributed by atoms with Crippen LogP contribution in [0.3, 0.4) is 0 Å². The van der Waals surface area contributed by atoms with Crippen molar-refractivity contribution < 1.29 is 0 Å². The third-order valence-electron chi connectivity index (χ3n) is 8.18. The summed E-state index contributed by atoms with van der Waals surface area (Å²) in [5.41, 5.74) is 7.50. The van der Waals surface area contributed by atoms with Gasteiger partial charge in [-0.25, -0.2) is 19.9 Å². The molecule has 4 nitrogen and oxygen atoms in total. The Morgan fingerprint density at radius 1 is 0.370 bits per heavy atom. The van der Waals surface area contributed by atoms with Crippen LogP contribution in [0.25, 0.3) is 86.3 Å². The molecule has 6 heteroatoms. The fourth-order valence-electron chi connectivity index (χ4n) is 5.89. The Labute approximate surface area is 273 Å². The van der Waals surface area contributed by atoms with E-state index in [1.165, 1.54) is 36.0 Å². The van der Waals surface area contributed by atoms with E-state index in [1.54, 1.807) is 22.7 Å². The number of thiophene rings is 1. The quantitative estimate of drug-likeness (QED) is 0.191. The minimum atomic E-state index is 0.665. The first-order valence-corrected chi connectivity index (χ1v) is 16.7. The zero-order valence-corrected chi connectivity index (χ0v) is 26.1. The van der Waals surface area contributed by atoms with E-state index in [0.29, 0.717) is 17.5 Å². The molecule has 3 aromatic heterocycles. The molecule has 0 atom stereocenters. The molecule has 0 aliphatic carbocycles. The van der Waals surface area contributed by atoms with Gasteiger partial charge in [-0.1, -0.05) is 121 Å². The second-order valence-electron chi connectivity index (χ2n) is 11.1. The molecule has 0 aliphatic heterocycles. The van der Waals surface area contributed by atoms with Crippen LogP contribution in [0, 0.1) is 0 Å². The Hall–Kier alpha value is -5.56. The van der Waals surface area contributed by atoms with Crippen LogP contribution >= 0.6 is 22.7 Å². The molecule has 0 saturated heterocycles. The van der Waals surface area contributed by atoms with E-state index < -0.39 is 0 Å². The maximum atomic E-state index is 5.02. The first kappa shape index (κ1) is 26.8. The predicted molar refractivity (Wildman–Crippen MR) is 193 cm³/mol. The van der Waals surface area contributed by atoms with Crippen LogP contribution in [0.1, 0.15) is 0 Å². The number of thiazole rings is 1. The van der Waals surface area contributed by atoms with Crippen molar-refractivity contribution in [3.63, 3.8) is 0 Å². The first-order valence-electron chi connectivity index (χ1n) is 15.1. The highest BCUT2D eigenvalue weighted by atomic mass is 32.1. The van der Waals surface area contributed by atoms with Gasteiger partial charge in [-0.15, -0.1) is 22.7 Å². The highest BCUT2D eigenvalue weighted by Gasteiger charge is 2.17. The minimum absolute atomic E-state index is 0.665. The molecule has 0 unspecified atom stereocenters. The summed E-state index contributed by atoms with van der Waals surface area (Å²) < 4.78 is 3.59. The maximum Gasteiger partial charge on any atom is 0.165 e. The molecular weight excluding hydrogens is 601 g/mol. The highest BCUT2D eigenvalue weighted by Crippen LogP contribution is 2.42. The van der Waals surface area contributed by atoms with E-state index in [-0.39, 0.29) is 0 Å². The summed E-state index contributed by atoms with van der Waals surface area (Å²) >= 11 is 3.53. The lowest BCUT2D eigenvalue weighted by molar-refractivity contribution is 1.08. The average molecular weight is 625 g/mol. The normalized spacial score (nSPS) is 11.5. The van der Waals surface area contributed by atoms with E-state index in [2.05, 4.69) is 78.9 Å². The molecule has 0 saturated carbocycles. The van der Waals surface area contributed by atoms with Gasteiger partial charge in [0.15, 0.2) is 17.5 Å². The average Bonchev–Trinajstić information content (AvgIpc) is 3.73. The van der Waals surface area contributed by atoms with Gasteiger partial charge >= 0.3 is 0 Å². The molecule has 0 spiro atoms. The summed E-state index contributed by atoms with van der Waals surface area (Å²) in [7, 11) is 0. The Kier molecular flexibility index (Phi) is 6.47. The van der Waals surface area contributed by atoms with E-state index in [4.69, 9.17) is 19.9 Å². The Balaban J connectivity index is 1.16. The molecule has 0 radical (unpaired) electrons. The topological polar surface area (TPSA) is 51.6 Å². The molecule has 0 bridgehead atoms. The number of fused-ring (bicyclic) bond motifs is 4. The second kappa shape index (κ2) is 11.1. The van der Waals surface area contributed by atoms with Crippen LogP contribution in [-0.4, -0.2) is 19.9 Å². The van der Waals surface area contributed by atoms with Gasteiger partial charge in [0.05, 0.1) is 10.2 Å². The Morgan fingerprint density at radius 3 is 1.63 bits per heavy atom. The van der Waals surface area contributed by atoms with E-state index in [1.807, 2.05) is 66.7 Å². The fraction of sp³-hybridized carbons (Fsp3) is 0. The Bertz CT molecular complexity index is 2460. The molecule has 9 rings (SSSR count). The van der Waals surface area contributed by atoms with Crippen molar-refractivity contribution in [2.24, 2.45) is 0 Å². The largest absolute Gasteiger partial charge is 0.236 e. The molecular formula is C40H24N4S2. The third kappa shape index (κ3) is 4.76. The SMILES string of the molecule is c1ccc(-c2nc(-c3ccccc3)nc(-c3cccc4c3sc3cc(-c5ccc6nc(-c7ccccc7)sc6c5)ccc34)n2)cc1. The predicted octanol–water partition coefficient (Wildman–Crippen LogP) is 11.2. The number of hydrogen-bond donors (Lipinski definition) is 0. The minimum Gasteiger partial charge on any atom is -0.236 e. The summed E-state index contributed by atoms with van der Waals surface area (Å²) in [5, 5.41) is 3.48. The molecule has 46 heavy (non-hydrogen) atoms. The van der Waals surface area contributed by atoms with E-state index in [9.17, 15) is 0 Å². The van der Waals surface area contributed by atoms with Crippen molar-refractivity contribution in [3.05, 3.63) is 146 Å². The monoisotopic (exact) mass is 624 g/mol. The summed E-state index contributed by atoms with van der Waals surface area (Å²) in [4.78, 5) is 19.8. The summed E-state index contributed by atoms with van der Waals surface area (Å²) in [6.07, 6.45) is 0. The zero-order valence-electron chi connectivity index (χ0n) is 24.5. The molecule has 9 aromatic rings.